The van der Waals surface area contributed by atoms with E-state index in [1.54, 1.807) is 13.8 Å². The highest BCUT2D eigenvalue weighted by Crippen LogP contribution is 2.01. The Balaban J connectivity index is 3.94. The lowest BCUT2D eigenvalue weighted by Gasteiger charge is -2.04. The topological polar surface area (TPSA) is 43.4 Å². The molecule has 58 valence electrons. The van der Waals surface area contributed by atoms with Crippen LogP contribution in [-0.4, -0.2) is 18.9 Å². The second-order valence-electron chi connectivity index (χ2n) is 2.06. The molecule has 0 aliphatic heterocycles. The average Bonchev–Trinajstić information content (AvgIpc) is 2.00. The quantitative estimate of drug-likeness (QED) is 0.434. The fourth-order valence-electron chi connectivity index (χ4n) is 0.614. The molecule has 10 heavy (non-hydrogen) atoms. The molecule has 0 rings (SSSR count). The largest absolute Gasteiger partial charge is 0.468 e. The summed E-state index contributed by atoms with van der Waals surface area (Å²) in [5.41, 5.74) is 0. The molecule has 0 aromatic rings. The fourth-order valence-corrected chi connectivity index (χ4v) is 0.614. The summed E-state index contributed by atoms with van der Waals surface area (Å²) >= 11 is 0. The number of hydrogen-bond acceptors (Lipinski definition) is 3. The first kappa shape index (κ1) is 9.14. The Kier molecular flexibility index (Phi) is 3.69. The molecule has 0 N–H and O–H groups in total. The van der Waals surface area contributed by atoms with Crippen molar-refractivity contribution in [2.75, 3.05) is 7.11 Å². The van der Waals surface area contributed by atoms with Gasteiger partial charge in [-0.25, -0.2) is 0 Å². The van der Waals surface area contributed by atoms with E-state index in [0.29, 0.717) is 6.42 Å². The van der Waals surface area contributed by atoms with Crippen LogP contribution in [0.25, 0.3) is 0 Å². The first-order chi connectivity index (χ1) is 4.63. The van der Waals surface area contributed by atoms with E-state index >= 15 is 0 Å². The molecule has 0 amide bonds. The monoisotopic (exact) mass is 144 g/mol. The minimum Gasteiger partial charge on any atom is -0.468 e. The van der Waals surface area contributed by atoms with Crippen LogP contribution in [0.5, 0.6) is 0 Å². The van der Waals surface area contributed by atoms with Crippen LogP contribution in [-0.2, 0) is 14.3 Å². The lowest BCUT2D eigenvalue weighted by atomic mass is 10.1. The van der Waals surface area contributed by atoms with Gasteiger partial charge in [0, 0.05) is 6.42 Å². The zero-order valence-electron chi connectivity index (χ0n) is 6.51. The van der Waals surface area contributed by atoms with Gasteiger partial charge in [-0.3, -0.25) is 9.59 Å². The molecule has 0 aromatic carbocycles. The molecule has 0 radical (unpaired) electrons. The van der Waals surface area contributed by atoms with Gasteiger partial charge in [-0.2, -0.15) is 0 Å². The van der Waals surface area contributed by atoms with E-state index < -0.39 is 11.9 Å². The van der Waals surface area contributed by atoms with Gasteiger partial charge < -0.3 is 4.74 Å². The third-order valence-electron chi connectivity index (χ3n) is 1.39. The molecule has 0 aliphatic carbocycles. The predicted molar refractivity (Wildman–Crippen MR) is 36.5 cm³/mol. The summed E-state index contributed by atoms with van der Waals surface area (Å²) < 4.78 is 4.38. The molecule has 0 unspecified atom stereocenters. The molecule has 0 heterocycles. The Morgan fingerprint density at radius 2 is 2.00 bits per heavy atom. The van der Waals surface area contributed by atoms with Crippen LogP contribution in [0.2, 0.25) is 0 Å². The van der Waals surface area contributed by atoms with E-state index in [1.165, 1.54) is 7.11 Å². The predicted octanol–water partition coefficient (Wildman–Crippen LogP) is 0.775. The number of methoxy groups -OCH3 is 1. The molecule has 3 nitrogen and oxygen atoms in total. The van der Waals surface area contributed by atoms with E-state index in [0.717, 1.165) is 0 Å². The summed E-state index contributed by atoms with van der Waals surface area (Å²) in [4.78, 5) is 21.5. The van der Waals surface area contributed by atoms with Gasteiger partial charge in [-0.1, -0.05) is 6.92 Å². The van der Waals surface area contributed by atoms with Gasteiger partial charge >= 0.3 is 5.97 Å². The average molecular weight is 144 g/mol. The molecule has 0 saturated carbocycles. The van der Waals surface area contributed by atoms with Crippen LogP contribution < -0.4 is 0 Å². The van der Waals surface area contributed by atoms with Crippen LogP contribution >= 0.6 is 0 Å². The maximum absolute atomic E-state index is 10.8. The Hall–Kier alpha value is -0.860. The summed E-state index contributed by atoms with van der Waals surface area (Å²) in [5.74, 6) is -1.13. The summed E-state index contributed by atoms with van der Waals surface area (Å²) in [6, 6.07) is 0. The van der Waals surface area contributed by atoms with Gasteiger partial charge in [0.1, 0.15) is 11.7 Å². The zero-order chi connectivity index (χ0) is 8.15. The standard InChI is InChI=1S/C7H12O3/c1-4-6(8)5(2)7(9)10-3/h5H,4H2,1-3H3/t5-/m1/s1. The Bertz CT molecular complexity index is 124. The van der Waals surface area contributed by atoms with Gasteiger partial charge in [0.15, 0.2) is 0 Å². The number of ether oxygens (including phenoxy) is 1. The van der Waals surface area contributed by atoms with Crippen molar-refractivity contribution in [1.82, 2.24) is 0 Å². The van der Waals surface area contributed by atoms with Gasteiger partial charge in [-0.05, 0) is 6.92 Å². The molecule has 0 aliphatic rings. The third kappa shape index (κ3) is 2.17. The highest BCUT2D eigenvalue weighted by atomic mass is 16.5. The fraction of sp³-hybridized carbons (Fsp3) is 0.714. The maximum Gasteiger partial charge on any atom is 0.315 e. The molecule has 0 saturated heterocycles. The van der Waals surface area contributed by atoms with Crippen molar-refractivity contribution in [2.45, 2.75) is 20.3 Å². The molecule has 1 atom stereocenters. The molecule has 0 fully saturated rings. The number of rotatable bonds is 3. The summed E-state index contributed by atoms with van der Waals surface area (Å²) in [6.07, 6.45) is 0.385. The molecular weight excluding hydrogens is 132 g/mol. The number of esters is 1. The molecule has 0 aromatic heterocycles. The van der Waals surface area contributed by atoms with E-state index in [1.807, 2.05) is 0 Å². The maximum atomic E-state index is 10.8. The van der Waals surface area contributed by atoms with Gasteiger partial charge in [0.25, 0.3) is 0 Å². The highest BCUT2D eigenvalue weighted by molar-refractivity contribution is 5.98. The second kappa shape index (κ2) is 4.04. The van der Waals surface area contributed by atoms with Crippen LogP contribution in [0, 0.1) is 5.92 Å². The molecule has 0 bridgehead atoms. The Morgan fingerprint density at radius 3 is 2.30 bits per heavy atom. The molecule has 3 heteroatoms. The van der Waals surface area contributed by atoms with E-state index in [-0.39, 0.29) is 5.78 Å². The first-order valence-electron chi connectivity index (χ1n) is 3.24. The van der Waals surface area contributed by atoms with Crippen molar-refractivity contribution >= 4 is 11.8 Å². The highest BCUT2D eigenvalue weighted by Gasteiger charge is 2.19. The van der Waals surface area contributed by atoms with Crippen molar-refractivity contribution in [3.05, 3.63) is 0 Å². The van der Waals surface area contributed by atoms with Gasteiger partial charge in [0.05, 0.1) is 7.11 Å². The van der Waals surface area contributed by atoms with Crippen LogP contribution in [0.15, 0.2) is 0 Å². The number of Topliss-reactive ketones (excluding diaryl/α,β-unsaturated/α-hetero) is 1. The normalized spacial score (nSPS) is 12.3. The summed E-state index contributed by atoms with van der Waals surface area (Å²) in [6.45, 7) is 3.28. The minimum atomic E-state index is -0.602. The van der Waals surface area contributed by atoms with E-state index in [2.05, 4.69) is 4.74 Å². The van der Waals surface area contributed by atoms with E-state index in [9.17, 15) is 9.59 Å². The minimum absolute atomic E-state index is 0.0770. The van der Waals surface area contributed by atoms with Gasteiger partial charge in [0.2, 0.25) is 0 Å². The Morgan fingerprint density at radius 1 is 1.50 bits per heavy atom. The molecular formula is C7H12O3. The van der Waals surface area contributed by atoms with Crippen molar-refractivity contribution in [3.8, 4) is 0 Å². The first-order valence-corrected chi connectivity index (χ1v) is 3.24. The third-order valence-corrected chi connectivity index (χ3v) is 1.39. The van der Waals surface area contributed by atoms with Crippen LogP contribution in [0.4, 0.5) is 0 Å². The van der Waals surface area contributed by atoms with Gasteiger partial charge in [-0.15, -0.1) is 0 Å². The lowest BCUT2D eigenvalue weighted by Crippen LogP contribution is -2.21. The molecule has 0 spiro atoms. The van der Waals surface area contributed by atoms with Crippen molar-refractivity contribution in [1.29, 1.82) is 0 Å². The van der Waals surface area contributed by atoms with Crippen molar-refractivity contribution < 1.29 is 14.3 Å². The zero-order valence-corrected chi connectivity index (χ0v) is 6.51. The van der Waals surface area contributed by atoms with Crippen LogP contribution in [0.3, 0.4) is 0 Å². The summed E-state index contributed by atoms with van der Waals surface area (Å²) in [7, 11) is 1.28. The number of carbonyl (C=O) groups is 2. The Labute approximate surface area is 60.4 Å². The number of hydrogen-bond donors (Lipinski definition) is 0. The smallest absolute Gasteiger partial charge is 0.315 e. The lowest BCUT2D eigenvalue weighted by molar-refractivity contribution is -0.148. The number of ketones is 1. The van der Waals surface area contributed by atoms with E-state index in [4.69, 9.17) is 0 Å². The number of carbonyl (C=O) groups excluding carboxylic acids is 2. The van der Waals surface area contributed by atoms with Crippen molar-refractivity contribution in [3.63, 3.8) is 0 Å². The van der Waals surface area contributed by atoms with Crippen LogP contribution in [0.1, 0.15) is 20.3 Å². The summed E-state index contributed by atoms with van der Waals surface area (Å²) in [5, 5.41) is 0. The second-order valence-corrected chi connectivity index (χ2v) is 2.06. The SMILES string of the molecule is CCC(=O)[C@@H](C)C(=O)OC. The van der Waals surface area contributed by atoms with Crippen molar-refractivity contribution in [2.24, 2.45) is 5.92 Å².